The highest BCUT2D eigenvalue weighted by atomic mass is 16.6. The van der Waals surface area contributed by atoms with Gasteiger partial charge in [-0.2, -0.15) is 0 Å². The van der Waals surface area contributed by atoms with E-state index in [4.69, 9.17) is 14.2 Å². The first-order chi connectivity index (χ1) is 8.83. The lowest BCUT2D eigenvalue weighted by atomic mass is 9.95. The molecule has 0 aromatic rings. The molecule has 1 unspecified atom stereocenters. The van der Waals surface area contributed by atoms with E-state index >= 15 is 0 Å². The van der Waals surface area contributed by atoms with Crippen molar-refractivity contribution in [2.45, 2.75) is 25.7 Å². The summed E-state index contributed by atoms with van der Waals surface area (Å²) in [5, 5.41) is 3.35. The molecule has 1 aliphatic heterocycles. The maximum Gasteiger partial charge on any atom is 0.305 e. The van der Waals surface area contributed by atoms with Gasteiger partial charge in [0.05, 0.1) is 19.8 Å². The van der Waals surface area contributed by atoms with Crippen LogP contribution in [0.3, 0.4) is 0 Å². The monoisotopic (exact) mass is 259 g/mol. The quantitative estimate of drug-likeness (QED) is 0.494. The molecule has 5 heteroatoms. The van der Waals surface area contributed by atoms with Gasteiger partial charge >= 0.3 is 5.97 Å². The van der Waals surface area contributed by atoms with Crippen LogP contribution in [0, 0.1) is 5.92 Å². The van der Waals surface area contributed by atoms with Gasteiger partial charge in [0.25, 0.3) is 0 Å². The Hall–Kier alpha value is -0.650. The van der Waals surface area contributed by atoms with Crippen molar-refractivity contribution in [3.8, 4) is 0 Å². The van der Waals surface area contributed by atoms with Crippen molar-refractivity contribution in [1.29, 1.82) is 0 Å². The van der Waals surface area contributed by atoms with Crippen LogP contribution in [0.25, 0.3) is 0 Å². The Morgan fingerprint density at radius 1 is 1.28 bits per heavy atom. The fraction of sp³-hybridized carbons (Fsp3) is 0.923. The maximum atomic E-state index is 11.5. The molecule has 1 heterocycles. The van der Waals surface area contributed by atoms with Crippen molar-refractivity contribution < 1.29 is 19.0 Å². The third-order valence-corrected chi connectivity index (χ3v) is 3.08. The average Bonchev–Trinajstić information content (AvgIpc) is 2.41. The number of hydrogen-bond acceptors (Lipinski definition) is 5. The molecular formula is C13H25NO4. The predicted molar refractivity (Wildman–Crippen MR) is 68.5 cm³/mol. The molecule has 0 radical (unpaired) electrons. The minimum Gasteiger partial charge on any atom is -0.463 e. The Bertz CT molecular complexity index is 217. The van der Waals surface area contributed by atoms with E-state index < -0.39 is 0 Å². The lowest BCUT2D eigenvalue weighted by molar-refractivity contribution is -0.145. The molecule has 0 bridgehead atoms. The molecule has 0 amide bonds. The first-order valence-corrected chi connectivity index (χ1v) is 6.76. The summed E-state index contributed by atoms with van der Waals surface area (Å²) in [5.41, 5.74) is 0. The molecule has 1 rings (SSSR count). The Morgan fingerprint density at radius 3 is 2.83 bits per heavy atom. The van der Waals surface area contributed by atoms with Crippen LogP contribution in [0.4, 0.5) is 0 Å². The van der Waals surface area contributed by atoms with Gasteiger partial charge in [-0.05, 0) is 38.3 Å². The molecule has 0 saturated carbocycles. The fourth-order valence-electron chi connectivity index (χ4n) is 2.02. The van der Waals surface area contributed by atoms with Crippen molar-refractivity contribution in [3.05, 3.63) is 0 Å². The number of rotatable bonds is 9. The highest BCUT2D eigenvalue weighted by molar-refractivity contribution is 5.69. The van der Waals surface area contributed by atoms with E-state index in [2.05, 4.69) is 5.32 Å². The molecular weight excluding hydrogens is 234 g/mol. The van der Waals surface area contributed by atoms with Gasteiger partial charge < -0.3 is 19.5 Å². The van der Waals surface area contributed by atoms with Gasteiger partial charge in [-0.1, -0.05) is 0 Å². The van der Waals surface area contributed by atoms with Crippen molar-refractivity contribution in [1.82, 2.24) is 5.32 Å². The fourth-order valence-corrected chi connectivity index (χ4v) is 2.02. The molecule has 0 spiro atoms. The summed E-state index contributed by atoms with van der Waals surface area (Å²) in [5.74, 6) is 0.514. The number of methoxy groups -OCH3 is 1. The van der Waals surface area contributed by atoms with Gasteiger partial charge in [-0.15, -0.1) is 0 Å². The standard InChI is InChI=1S/C13H25NO4/c1-16-7-8-17-9-10-18-13(15)5-4-12-3-2-6-14-11-12/h12,14H,2-11H2,1H3. The van der Waals surface area contributed by atoms with E-state index in [1.165, 1.54) is 12.8 Å². The topological polar surface area (TPSA) is 56.8 Å². The second-order valence-corrected chi connectivity index (χ2v) is 4.58. The van der Waals surface area contributed by atoms with Gasteiger partial charge in [0.2, 0.25) is 0 Å². The van der Waals surface area contributed by atoms with Crippen molar-refractivity contribution in [2.75, 3.05) is 46.6 Å². The van der Waals surface area contributed by atoms with Gasteiger partial charge in [-0.25, -0.2) is 0 Å². The van der Waals surface area contributed by atoms with E-state index in [0.717, 1.165) is 19.5 Å². The van der Waals surface area contributed by atoms with Crippen LogP contribution in [0.1, 0.15) is 25.7 Å². The smallest absolute Gasteiger partial charge is 0.305 e. The zero-order valence-electron chi connectivity index (χ0n) is 11.3. The normalized spacial score (nSPS) is 19.7. The predicted octanol–water partition coefficient (Wildman–Crippen LogP) is 0.972. The minimum absolute atomic E-state index is 0.115. The SMILES string of the molecule is COCCOCCOC(=O)CCC1CCCNC1. The second kappa shape index (κ2) is 10.3. The van der Waals surface area contributed by atoms with Crippen molar-refractivity contribution in [3.63, 3.8) is 0 Å². The van der Waals surface area contributed by atoms with Gasteiger partial charge in [0.15, 0.2) is 0 Å². The van der Waals surface area contributed by atoms with Crippen LogP contribution < -0.4 is 5.32 Å². The van der Waals surface area contributed by atoms with Gasteiger partial charge in [0, 0.05) is 13.5 Å². The van der Waals surface area contributed by atoms with Crippen LogP contribution in [-0.2, 0) is 19.0 Å². The number of hydrogen-bond donors (Lipinski definition) is 1. The number of nitrogens with one attached hydrogen (secondary N) is 1. The highest BCUT2D eigenvalue weighted by Gasteiger charge is 2.14. The van der Waals surface area contributed by atoms with Crippen molar-refractivity contribution in [2.24, 2.45) is 5.92 Å². The molecule has 5 nitrogen and oxygen atoms in total. The minimum atomic E-state index is -0.115. The third-order valence-electron chi connectivity index (χ3n) is 3.08. The lowest BCUT2D eigenvalue weighted by Crippen LogP contribution is -2.30. The summed E-state index contributed by atoms with van der Waals surface area (Å²) in [4.78, 5) is 11.5. The van der Waals surface area contributed by atoms with E-state index in [0.29, 0.717) is 38.8 Å². The summed E-state index contributed by atoms with van der Waals surface area (Å²) in [7, 11) is 1.63. The summed E-state index contributed by atoms with van der Waals surface area (Å²) < 4.78 is 15.1. The Balaban J connectivity index is 1.90. The van der Waals surface area contributed by atoms with Crippen LogP contribution in [-0.4, -0.2) is 52.6 Å². The zero-order chi connectivity index (χ0) is 13.1. The molecule has 18 heavy (non-hydrogen) atoms. The Kier molecular flexibility index (Phi) is 8.81. The number of ether oxygens (including phenoxy) is 3. The summed E-state index contributed by atoms with van der Waals surface area (Å²) in [6.07, 6.45) is 3.88. The first kappa shape index (κ1) is 15.4. The van der Waals surface area contributed by atoms with E-state index in [1.807, 2.05) is 0 Å². The lowest BCUT2D eigenvalue weighted by Gasteiger charge is -2.22. The molecule has 0 aromatic carbocycles. The second-order valence-electron chi connectivity index (χ2n) is 4.58. The maximum absolute atomic E-state index is 11.5. The summed E-state index contributed by atoms with van der Waals surface area (Å²) >= 11 is 0. The van der Waals surface area contributed by atoms with E-state index in [1.54, 1.807) is 7.11 Å². The van der Waals surface area contributed by atoms with Crippen LogP contribution in [0.2, 0.25) is 0 Å². The van der Waals surface area contributed by atoms with Crippen LogP contribution in [0.5, 0.6) is 0 Å². The highest BCUT2D eigenvalue weighted by Crippen LogP contribution is 2.15. The van der Waals surface area contributed by atoms with Gasteiger partial charge in [0.1, 0.15) is 6.61 Å². The first-order valence-electron chi connectivity index (χ1n) is 6.76. The largest absolute Gasteiger partial charge is 0.463 e. The molecule has 1 saturated heterocycles. The Labute approximate surface area is 109 Å². The molecule has 106 valence electrons. The van der Waals surface area contributed by atoms with Crippen molar-refractivity contribution >= 4 is 5.97 Å². The average molecular weight is 259 g/mol. The summed E-state index contributed by atoms with van der Waals surface area (Å²) in [6, 6.07) is 0. The summed E-state index contributed by atoms with van der Waals surface area (Å²) in [6.45, 7) is 4.04. The molecule has 1 N–H and O–H groups in total. The molecule has 0 aromatic heterocycles. The van der Waals surface area contributed by atoms with E-state index in [-0.39, 0.29) is 5.97 Å². The van der Waals surface area contributed by atoms with E-state index in [9.17, 15) is 4.79 Å². The Morgan fingerprint density at radius 2 is 2.11 bits per heavy atom. The molecule has 1 fully saturated rings. The van der Waals surface area contributed by atoms with Crippen LogP contribution >= 0.6 is 0 Å². The third kappa shape index (κ3) is 7.63. The molecule has 1 atom stereocenters. The van der Waals surface area contributed by atoms with Crippen LogP contribution in [0.15, 0.2) is 0 Å². The van der Waals surface area contributed by atoms with Gasteiger partial charge in [-0.3, -0.25) is 4.79 Å². The zero-order valence-corrected chi connectivity index (χ0v) is 11.3. The number of carbonyl (C=O) groups excluding carboxylic acids is 1. The molecule has 0 aliphatic carbocycles. The number of carbonyl (C=O) groups is 1. The molecule has 1 aliphatic rings. The number of esters is 1. The number of piperidine rings is 1.